The van der Waals surface area contributed by atoms with Gasteiger partial charge in [0.05, 0.1) is 5.69 Å². The fourth-order valence-electron chi connectivity index (χ4n) is 1.93. The molecule has 0 aliphatic heterocycles. The molecule has 2 aromatic rings. The minimum atomic E-state index is -1.71. The number of anilines is 1. The van der Waals surface area contributed by atoms with E-state index in [4.69, 9.17) is 9.47 Å². The second-order valence-corrected chi connectivity index (χ2v) is 5.36. The number of benzene rings is 2. The Morgan fingerprint density at radius 3 is 2.23 bits per heavy atom. The van der Waals surface area contributed by atoms with Crippen LogP contribution in [0.25, 0.3) is 0 Å². The molecule has 0 unspecified atom stereocenters. The highest BCUT2D eigenvalue weighted by Gasteiger charge is 2.24. The maximum Gasteiger partial charge on any atom is 0.347 e. The summed E-state index contributed by atoms with van der Waals surface area (Å²) in [6.45, 7) is 2.69. The number of carbonyl (C=O) groups excluding carboxylic acids is 2. The van der Waals surface area contributed by atoms with Gasteiger partial charge in [-0.1, -0.05) is 18.2 Å². The number of halogens is 3. The lowest BCUT2D eigenvalue weighted by Crippen LogP contribution is -2.35. The Morgan fingerprint density at radius 1 is 0.923 bits per heavy atom. The molecule has 0 bridgehead atoms. The highest BCUT2D eigenvalue weighted by Crippen LogP contribution is 2.20. The van der Waals surface area contributed by atoms with Crippen LogP contribution in [0, 0.1) is 17.5 Å². The molecule has 2 rings (SSSR count). The van der Waals surface area contributed by atoms with Gasteiger partial charge in [0.2, 0.25) is 0 Å². The Balaban J connectivity index is 1.94. The summed E-state index contributed by atoms with van der Waals surface area (Å²) in [4.78, 5) is 23.9. The zero-order valence-corrected chi connectivity index (χ0v) is 14.0. The largest absolute Gasteiger partial charge is 0.479 e. The first-order valence-corrected chi connectivity index (χ1v) is 7.66. The number of para-hydroxylation sites is 1. The third-order valence-corrected chi connectivity index (χ3v) is 3.34. The molecule has 138 valence electrons. The summed E-state index contributed by atoms with van der Waals surface area (Å²) in [6, 6.07) is 10.0. The third-order valence-electron chi connectivity index (χ3n) is 3.34. The lowest BCUT2D eigenvalue weighted by molar-refractivity contribution is -0.159. The average Bonchev–Trinajstić information content (AvgIpc) is 2.62. The summed E-state index contributed by atoms with van der Waals surface area (Å²) < 4.78 is 49.9. The minimum Gasteiger partial charge on any atom is -0.479 e. The summed E-state index contributed by atoms with van der Waals surface area (Å²) in [6.07, 6.45) is -2.30. The van der Waals surface area contributed by atoms with Crippen LogP contribution in [0.3, 0.4) is 0 Å². The van der Waals surface area contributed by atoms with Gasteiger partial charge in [0, 0.05) is 0 Å². The second-order valence-electron chi connectivity index (χ2n) is 5.36. The number of nitrogens with one attached hydrogen (secondary N) is 1. The maximum atomic E-state index is 13.6. The number of rotatable bonds is 6. The van der Waals surface area contributed by atoms with Crippen molar-refractivity contribution in [2.24, 2.45) is 0 Å². The lowest BCUT2D eigenvalue weighted by atomic mass is 10.2. The maximum absolute atomic E-state index is 13.6. The molecule has 2 atom stereocenters. The smallest absolute Gasteiger partial charge is 0.347 e. The van der Waals surface area contributed by atoms with Crippen molar-refractivity contribution in [3.8, 4) is 5.75 Å². The van der Waals surface area contributed by atoms with Crippen LogP contribution in [0.1, 0.15) is 13.8 Å². The van der Waals surface area contributed by atoms with Gasteiger partial charge >= 0.3 is 5.97 Å². The van der Waals surface area contributed by atoms with Gasteiger partial charge in [-0.3, -0.25) is 4.79 Å². The van der Waals surface area contributed by atoms with Gasteiger partial charge in [-0.05, 0) is 38.1 Å². The zero-order valence-electron chi connectivity index (χ0n) is 14.0. The molecule has 0 aliphatic carbocycles. The predicted molar refractivity (Wildman–Crippen MR) is 87.0 cm³/mol. The van der Waals surface area contributed by atoms with Crippen LogP contribution >= 0.6 is 0 Å². The number of hydrogen-bond acceptors (Lipinski definition) is 4. The van der Waals surface area contributed by atoms with Gasteiger partial charge < -0.3 is 14.8 Å². The van der Waals surface area contributed by atoms with E-state index in [9.17, 15) is 22.8 Å². The number of ether oxygens (including phenoxy) is 2. The van der Waals surface area contributed by atoms with Crippen molar-refractivity contribution in [1.29, 1.82) is 0 Å². The molecular formula is C18H16F3NO4. The molecule has 0 saturated heterocycles. The monoisotopic (exact) mass is 367 g/mol. The van der Waals surface area contributed by atoms with Crippen LogP contribution < -0.4 is 10.1 Å². The van der Waals surface area contributed by atoms with Crippen molar-refractivity contribution in [2.75, 3.05) is 5.32 Å². The van der Waals surface area contributed by atoms with Gasteiger partial charge in [-0.2, -0.15) is 0 Å². The van der Waals surface area contributed by atoms with E-state index in [-0.39, 0.29) is 0 Å². The van der Waals surface area contributed by atoms with E-state index in [1.807, 2.05) is 5.32 Å². The van der Waals surface area contributed by atoms with E-state index in [0.29, 0.717) is 11.8 Å². The van der Waals surface area contributed by atoms with Crippen molar-refractivity contribution < 1.29 is 32.2 Å². The van der Waals surface area contributed by atoms with Gasteiger partial charge in [-0.25, -0.2) is 18.0 Å². The van der Waals surface area contributed by atoms with Crippen molar-refractivity contribution in [3.63, 3.8) is 0 Å². The van der Waals surface area contributed by atoms with Crippen LogP contribution in [0.5, 0.6) is 5.75 Å². The fraction of sp³-hybridized carbons (Fsp3) is 0.222. The Kier molecular flexibility index (Phi) is 6.21. The first kappa shape index (κ1) is 19.3. The van der Waals surface area contributed by atoms with E-state index >= 15 is 0 Å². The van der Waals surface area contributed by atoms with Crippen molar-refractivity contribution >= 4 is 17.6 Å². The summed E-state index contributed by atoms with van der Waals surface area (Å²) in [5.41, 5.74) is -0.564. The highest BCUT2D eigenvalue weighted by molar-refractivity contribution is 5.95. The van der Waals surface area contributed by atoms with E-state index in [1.165, 1.54) is 13.8 Å². The molecule has 0 saturated carbocycles. The molecule has 26 heavy (non-hydrogen) atoms. The standard InChI is InChI=1S/C18H16F3NO4/c1-10(17(23)22-14-9-8-13(19)15(20)16(14)21)26-18(24)11(2)25-12-6-4-3-5-7-12/h3-11H,1-2H3,(H,22,23)/t10-,11-/m1/s1. The van der Waals surface area contributed by atoms with E-state index in [0.717, 1.165) is 6.07 Å². The topological polar surface area (TPSA) is 64.6 Å². The summed E-state index contributed by atoms with van der Waals surface area (Å²) in [7, 11) is 0. The quantitative estimate of drug-likeness (QED) is 0.628. The normalized spacial score (nSPS) is 12.8. The van der Waals surface area contributed by atoms with Crippen LogP contribution in [-0.4, -0.2) is 24.1 Å². The summed E-state index contributed by atoms with van der Waals surface area (Å²) in [5.74, 6) is -5.92. The molecule has 0 aromatic heterocycles. The van der Waals surface area contributed by atoms with Crippen LogP contribution in [0.2, 0.25) is 0 Å². The van der Waals surface area contributed by atoms with Crippen LogP contribution in [0.4, 0.5) is 18.9 Å². The Bertz CT molecular complexity index is 799. The van der Waals surface area contributed by atoms with Gasteiger partial charge in [0.1, 0.15) is 5.75 Å². The molecule has 0 radical (unpaired) electrons. The lowest BCUT2D eigenvalue weighted by Gasteiger charge is -2.18. The molecule has 0 heterocycles. The first-order valence-electron chi connectivity index (χ1n) is 7.66. The summed E-state index contributed by atoms with van der Waals surface area (Å²) in [5, 5.41) is 2.03. The van der Waals surface area contributed by atoms with E-state index < -0.39 is 47.2 Å². The summed E-state index contributed by atoms with van der Waals surface area (Å²) >= 11 is 0. The molecule has 2 aromatic carbocycles. The SMILES string of the molecule is C[C@@H](OC(=O)[C@@H](C)Oc1ccccc1)C(=O)Nc1ccc(F)c(F)c1F. The van der Waals surface area contributed by atoms with Crippen molar-refractivity contribution in [2.45, 2.75) is 26.1 Å². The zero-order chi connectivity index (χ0) is 19.3. The molecule has 1 amide bonds. The van der Waals surface area contributed by atoms with E-state index in [2.05, 4.69) is 0 Å². The molecule has 0 aliphatic rings. The van der Waals surface area contributed by atoms with Crippen molar-refractivity contribution in [1.82, 2.24) is 0 Å². The number of carbonyl (C=O) groups is 2. The molecule has 1 N–H and O–H groups in total. The second kappa shape index (κ2) is 8.37. The minimum absolute atomic E-state index is 0.443. The molecule has 5 nitrogen and oxygen atoms in total. The number of amides is 1. The Morgan fingerprint density at radius 2 is 1.58 bits per heavy atom. The number of esters is 1. The van der Waals surface area contributed by atoms with Gasteiger partial charge in [0.15, 0.2) is 29.7 Å². The van der Waals surface area contributed by atoms with Crippen LogP contribution in [0.15, 0.2) is 42.5 Å². The fourth-order valence-corrected chi connectivity index (χ4v) is 1.93. The molecule has 0 fully saturated rings. The third kappa shape index (κ3) is 4.75. The van der Waals surface area contributed by atoms with Crippen molar-refractivity contribution in [3.05, 3.63) is 59.9 Å². The predicted octanol–water partition coefficient (Wildman–Crippen LogP) is 3.44. The molecular weight excluding hydrogens is 351 g/mol. The van der Waals surface area contributed by atoms with E-state index in [1.54, 1.807) is 30.3 Å². The highest BCUT2D eigenvalue weighted by atomic mass is 19.2. The Labute approximate surface area is 147 Å². The van der Waals surface area contributed by atoms with Gasteiger partial charge in [-0.15, -0.1) is 0 Å². The Hall–Kier alpha value is -3.03. The molecule has 8 heteroatoms. The first-order chi connectivity index (χ1) is 12.3. The van der Waals surface area contributed by atoms with Gasteiger partial charge in [0.25, 0.3) is 5.91 Å². The number of hydrogen-bond donors (Lipinski definition) is 1. The molecule has 0 spiro atoms. The average molecular weight is 367 g/mol. The van der Waals surface area contributed by atoms with Crippen LogP contribution in [-0.2, 0) is 14.3 Å².